The van der Waals surface area contributed by atoms with Gasteiger partial charge in [-0.3, -0.25) is 19.2 Å². The Balaban J connectivity index is 2.84. The number of nitrogens with one attached hydrogen (secondary N) is 2. The molecule has 1 saturated heterocycles. The number of carboxylic acid groups (broad SMARTS) is 1. The molecule has 4 atom stereocenters. The molecule has 0 aromatic rings. The van der Waals surface area contributed by atoms with E-state index in [0.29, 0.717) is 25.8 Å². The van der Waals surface area contributed by atoms with Gasteiger partial charge in [0, 0.05) is 6.54 Å². The minimum Gasteiger partial charge on any atom is -0.480 e. The van der Waals surface area contributed by atoms with Gasteiger partial charge in [0.1, 0.15) is 24.2 Å². The van der Waals surface area contributed by atoms with Crippen LogP contribution in [0.3, 0.4) is 0 Å². The number of aliphatic hydroxyl groups is 1. The Hall–Kier alpha value is -2.20. The highest BCUT2D eigenvalue weighted by atomic mass is 16.4. The number of rotatable bonds is 9. The van der Waals surface area contributed by atoms with E-state index in [2.05, 4.69) is 10.6 Å². The van der Waals surface area contributed by atoms with Gasteiger partial charge in [-0.25, -0.2) is 0 Å². The zero-order valence-electron chi connectivity index (χ0n) is 16.0. The molecule has 1 aliphatic heterocycles. The minimum absolute atomic E-state index is 0.0744. The Labute approximate surface area is 158 Å². The Morgan fingerprint density at radius 3 is 2.33 bits per heavy atom. The summed E-state index contributed by atoms with van der Waals surface area (Å²) in [4.78, 5) is 49.6. The van der Waals surface area contributed by atoms with Crippen LogP contribution in [0.5, 0.6) is 0 Å². The van der Waals surface area contributed by atoms with Crippen LogP contribution in [0, 0.1) is 5.92 Å². The molecular weight excluding hydrogens is 356 g/mol. The second-order valence-electron chi connectivity index (χ2n) is 7.24. The fourth-order valence-corrected chi connectivity index (χ4v) is 2.94. The van der Waals surface area contributed by atoms with Gasteiger partial charge in [-0.15, -0.1) is 0 Å². The van der Waals surface area contributed by atoms with Gasteiger partial charge in [-0.05, 0) is 32.1 Å². The summed E-state index contributed by atoms with van der Waals surface area (Å²) in [7, 11) is 0. The average molecular weight is 386 g/mol. The lowest BCUT2D eigenvalue weighted by Gasteiger charge is -2.28. The van der Waals surface area contributed by atoms with Gasteiger partial charge in [0.2, 0.25) is 17.7 Å². The van der Waals surface area contributed by atoms with Crippen LogP contribution in [-0.2, 0) is 19.2 Å². The van der Waals surface area contributed by atoms with Crippen molar-refractivity contribution in [3.05, 3.63) is 0 Å². The number of aliphatic hydroxyl groups excluding tert-OH is 1. The molecule has 0 saturated carbocycles. The van der Waals surface area contributed by atoms with Gasteiger partial charge in [-0.1, -0.05) is 13.8 Å². The van der Waals surface area contributed by atoms with E-state index in [-0.39, 0.29) is 5.92 Å². The SMILES string of the molecule is CC(C)C[C@H](NC(=O)[C@@H]1CCCN1C(=O)[C@@H](N)CO)C(=O)N[C@@H](C)C(=O)O. The van der Waals surface area contributed by atoms with E-state index in [9.17, 15) is 19.2 Å². The number of nitrogens with two attached hydrogens (primary N) is 1. The quantitative estimate of drug-likeness (QED) is 0.319. The van der Waals surface area contributed by atoms with Crippen LogP contribution in [0.2, 0.25) is 0 Å². The van der Waals surface area contributed by atoms with Crippen LogP contribution in [0.25, 0.3) is 0 Å². The van der Waals surface area contributed by atoms with Gasteiger partial charge < -0.3 is 31.5 Å². The minimum atomic E-state index is -1.18. The molecule has 3 amide bonds. The highest BCUT2D eigenvalue weighted by Gasteiger charge is 2.37. The second kappa shape index (κ2) is 10.2. The number of likely N-dealkylation sites (tertiary alicyclic amines) is 1. The van der Waals surface area contributed by atoms with Crippen molar-refractivity contribution in [3.8, 4) is 0 Å². The van der Waals surface area contributed by atoms with Crippen molar-refractivity contribution in [3.63, 3.8) is 0 Å². The van der Waals surface area contributed by atoms with Crippen LogP contribution >= 0.6 is 0 Å². The molecule has 27 heavy (non-hydrogen) atoms. The lowest BCUT2D eigenvalue weighted by atomic mass is 10.0. The molecule has 1 aliphatic rings. The molecule has 1 rings (SSSR count). The Morgan fingerprint density at radius 2 is 1.81 bits per heavy atom. The third-order valence-corrected chi connectivity index (χ3v) is 4.42. The number of amides is 3. The molecular formula is C17H30N4O6. The molecule has 0 radical (unpaired) electrons. The van der Waals surface area contributed by atoms with E-state index in [4.69, 9.17) is 15.9 Å². The maximum absolute atomic E-state index is 12.7. The third kappa shape index (κ3) is 6.47. The van der Waals surface area contributed by atoms with Gasteiger partial charge in [0.15, 0.2) is 0 Å². The van der Waals surface area contributed by atoms with E-state index < -0.39 is 54.5 Å². The number of aliphatic carboxylic acids is 1. The normalized spacial score (nSPS) is 20.1. The Kier molecular flexibility index (Phi) is 8.64. The molecule has 1 fully saturated rings. The van der Waals surface area contributed by atoms with Gasteiger partial charge in [-0.2, -0.15) is 0 Å². The summed E-state index contributed by atoms with van der Waals surface area (Å²) in [5.74, 6) is -2.70. The lowest BCUT2D eigenvalue weighted by Crippen LogP contribution is -2.56. The largest absolute Gasteiger partial charge is 0.480 e. The standard InChI is InChI=1S/C17H30N4O6/c1-9(2)7-12(14(23)19-10(3)17(26)27)20-15(24)13-5-4-6-21(13)16(25)11(18)8-22/h9-13,22H,4-8,18H2,1-3H3,(H,19,23)(H,20,24)(H,26,27)/t10-,11-,12-,13-/m0/s1. The molecule has 0 aromatic carbocycles. The summed E-state index contributed by atoms with van der Waals surface area (Å²) in [5.41, 5.74) is 5.56. The summed E-state index contributed by atoms with van der Waals surface area (Å²) in [6.07, 6.45) is 1.36. The first-order valence-corrected chi connectivity index (χ1v) is 9.08. The van der Waals surface area contributed by atoms with E-state index in [1.54, 1.807) is 0 Å². The molecule has 0 aromatic heterocycles. The van der Waals surface area contributed by atoms with Gasteiger partial charge in [0.05, 0.1) is 6.61 Å². The molecule has 0 spiro atoms. The van der Waals surface area contributed by atoms with E-state index in [1.807, 2.05) is 13.8 Å². The summed E-state index contributed by atoms with van der Waals surface area (Å²) in [5, 5.41) is 23.0. The molecule has 0 unspecified atom stereocenters. The fraction of sp³-hybridized carbons (Fsp3) is 0.765. The molecule has 1 heterocycles. The van der Waals surface area contributed by atoms with Crippen molar-refractivity contribution in [2.24, 2.45) is 11.7 Å². The van der Waals surface area contributed by atoms with E-state index in [0.717, 1.165) is 0 Å². The number of carbonyl (C=O) groups excluding carboxylic acids is 3. The van der Waals surface area contributed by atoms with Crippen LogP contribution in [0.15, 0.2) is 0 Å². The summed E-state index contributed by atoms with van der Waals surface area (Å²) >= 11 is 0. The first-order chi connectivity index (χ1) is 12.6. The number of carboxylic acids is 1. The first-order valence-electron chi connectivity index (χ1n) is 9.08. The highest BCUT2D eigenvalue weighted by Crippen LogP contribution is 2.19. The second-order valence-corrected chi connectivity index (χ2v) is 7.24. The Bertz CT molecular complexity index is 568. The topological polar surface area (TPSA) is 162 Å². The van der Waals surface area contributed by atoms with E-state index >= 15 is 0 Å². The van der Waals surface area contributed by atoms with E-state index in [1.165, 1.54) is 11.8 Å². The molecule has 154 valence electrons. The van der Waals surface area contributed by atoms with Crippen molar-refractivity contribution >= 4 is 23.7 Å². The average Bonchev–Trinajstić information content (AvgIpc) is 3.08. The number of hydrogen-bond acceptors (Lipinski definition) is 6. The molecule has 10 nitrogen and oxygen atoms in total. The number of nitrogens with zero attached hydrogens (tertiary/aromatic N) is 1. The molecule has 0 aliphatic carbocycles. The predicted molar refractivity (Wildman–Crippen MR) is 96.4 cm³/mol. The summed E-state index contributed by atoms with van der Waals surface area (Å²) < 4.78 is 0. The third-order valence-electron chi connectivity index (χ3n) is 4.42. The molecule has 0 bridgehead atoms. The Morgan fingerprint density at radius 1 is 1.19 bits per heavy atom. The highest BCUT2D eigenvalue weighted by molar-refractivity contribution is 5.94. The van der Waals surface area contributed by atoms with Crippen LogP contribution in [0.1, 0.15) is 40.0 Å². The van der Waals surface area contributed by atoms with Crippen molar-refractivity contribution < 1.29 is 29.4 Å². The van der Waals surface area contributed by atoms with Crippen molar-refractivity contribution in [2.75, 3.05) is 13.2 Å². The zero-order chi connectivity index (χ0) is 20.7. The van der Waals surface area contributed by atoms with Crippen LogP contribution in [-0.4, -0.2) is 76.1 Å². The van der Waals surface area contributed by atoms with Crippen LogP contribution < -0.4 is 16.4 Å². The van der Waals surface area contributed by atoms with Crippen LogP contribution in [0.4, 0.5) is 0 Å². The van der Waals surface area contributed by atoms with Crippen molar-refractivity contribution in [2.45, 2.75) is 64.2 Å². The summed E-state index contributed by atoms with van der Waals surface area (Å²) in [6, 6.07) is -3.86. The van der Waals surface area contributed by atoms with Gasteiger partial charge in [0.25, 0.3) is 0 Å². The first kappa shape index (κ1) is 22.8. The maximum Gasteiger partial charge on any atom is 0.325 e. The zero-order valence-corrected chi connectivity index (χ0v) is 16.0. The van der Waals surface area contributed by atoms with Crippen molar-refractivity contribution in [1.82, 2.24) is 15.5 Å². The van der Waals surface area contributed by atoms with Gasteiger partial charge >= 0.3 is 5.97 Å². The number of carbonyl (C=O) groups is 4. The van der Waals surface area contributed by atoms with Crippen molar-refractivity contribution in [1.29, 1.82) is 0 Å². The monoisotopic (exact) mass is 386 g/mol. The summed E-state index contributed by atoms with van der Waals surface area (Å²) in [6.45, 7) is 4.91. The fourth-order valence-electron chi connectivity index (χ4n) is 2.94. The lowest BCUT2D eigenvalue weighted by molar-refractivity contribution is -0.143. The molecule has 10 heteroatoms. The smallest absolute Gasteiger partial charge is 0.325 e. The predicted octanol–water partition coefficient (Wildman–Crippen LogP) is -1.58. The maximum atomic E-state index is 12.7. The molecule has 6 N–H and O–H groups in total. The number of hydrogen-bond donors (Lipinski definition) is 5.